The molecule has 0 saturated heterocycles. The smallest absolute Gasteiger partial charge is 0.0606 e. The van der Waals surface area contributed by atoms with Crippen molar-refractivity contribution >= 4 is 11.8 Å². The van der Waals surface area contributed by atoms with E-state index in [-0.39, 0.29) is 0 Å². The van der Waals surface area contributed by atoms with Crippen LogP contribution < -0.4 is 0 Å². The molecule has 0 atom stereocenters. The van der Waals surface area contributed by atoms with Crippen molar-refractivity contribution in [1.82, 2.24) is 0 Å². The number of hydrogen-bond acceptors (Lipinski definition) is 3. The highest BCUT2D eigenvalue weighted by atomic mass is 32.2. The summed E-state index contributed by atoms with van der Waals surface area (Å²) in [5.74, 6) is 1.28. The second kappa shape index (κ2) is 22.6. The Hall–Kier alpha value is -0.0500. The fraction of sp³-hybridized carbons (Fsp3) is 1.00. The molecule has 0 aromatic heterocycles. The standard InChI is InChI=1S/C26H52N2S/c1-2-3-4-5-6-7-8-9-10-11-12-16-19-23-27-28-24-20-25-29-26-21-17-14-13-15-18-22-26/h26H,2-25H2,1H3/b28-27-. The molecule has 0 spiro atoms. The molecule has 2 nitrogen and oxygen atoms in total. The fourth-order valence-corrected chi connectivity index (χ4v) is 5.61. The summed E-state index contributed by atoms with van der Waals surface area (Å²) in [6, 6.07) is 0. The van der Waals surface area contributed by atoms with E-state index < -0.39 is 0 Å². The molecular weight excluding hydrogens is 372 g/mol. The summed E-state index contributed by atoms with van der Waals surface area (Å²) in [5.41, 5.74) is 0. The van der Waals surface area contributed by atoms with Crippen molar-refractivity contribution in [2.45, 2.75) is 147 Å². The molecule has 1 fully saturated rings. The van der Waals surface area contributed by atoms with Crippen LogP contribution in [0.2, 0.25) is 0 Å². The predicted octanol–water partition coefficient (Wildman–Crippen LogP) is 9.77. The first-order chi connectivity index (χ1) is 14.4. The number of thioether (sulfide) groups is 1. The van der Waals surface area contributed by atoms with E-state index in [2.05, 4.69) is 28.9 Å². The average Bonchev–Trinajstić information content (AvgIpc) is 2.71. The van der Waals surface area contributed by atoms with Gasteiger partial charge >= 0.3 is 0 Å². The van der Waals surface area contributed by atoms with Gasteiger partial charge in [-0.1, -0.05) is 116 Å². The Labute approximate surface area is 187 Å². The van der Waals surface area contributed by atoms with Gasteiger partial charge in [0, 0.05) is 5.25 Å². The van der Waals surface area contributed by atoms with Crippen molar-refractivity contribution in [3.05, 3.63) is 0 Å². The first kappa shape index (κ1) is 27.0. The van der Waals surface area contributed by atoms with Crippen molar-refractivity contribution < 1.29 is 0 Å². The van der Waals surface area contributed by atoms with Gasteiger partial charge in [-0.15, -0.1) is 0 Å². The Bertz CT molecular complexity index is 338. The van der Waals surface area contributed by atoms with E-state index in [1.807, 2.05) is 0 Å². The molecule has 0 amide bonds. The van der Waals surface area contributed by atoms with Gasteiger partial charge in [-0.25, -0.2) is 0 Å². The van der Waals surface area contributed by atoms with Gasteiger partial charge < -0.3 is 0 Å². The maximum atomic E-state index is 4.39. The summed E-state index contributed by atoms with van der Waals surface area (Å²) in [6.07, 6.45) is 29.8. The molecule has 0 N–H and O–H groups in total. The monoisotopic (exact) mass is 424 g/mol. The van der Waals surface area contributed by atoms with Gasteiger partial charge in [-0.3, -0.25) is 0 Å². The molecule has 1 saturated carbocycles. The Morgan fingerprint density at radius 2 is 1.00 bits per heavy atom. The minimum atomic E-state index is 0.929. The van der Waals surface area contributed by atoms with Gasteiger partial charge in [-0.2, -0.15) is 22.0 Å². The lowest BCUT2D eigenvalue weighted by Crippen LogP contribution is -2.06. The number of unbranched alkanes of at least 4 members (excludes halogenated alkanes) is 12. The molecule has 3 heteroatoms. The van der Waals surface area contributed by atoms with Crippen LogP contribution in [0.3, 0.4) is 0 Å². The van der Waals surface area contributed by atoms with Crippen LogP contribution in [0.5, 0.6) is 0 Å². The SMILES string of the molecule is CCCCCCCCCCCCCCC/N=N\CCCSC1CCCCCCC1. The molecular formula is C26H52N2S. The van der Waals surface area contributed by atoms with Crippen LogP contribution in [0.25, 0.3) is 0 Å². The van der Waals surface area contributed by atoms with Crippen LogP contribution in [0.4, 0.5) is 0 Å². The van der Waals surface area contributed by atoms with E-state index in [0.717, 1.165) is 18.3 Å². The molecule has 0 radical (unpaired) electrons. The van der Waals surface area contributed by atoms with Crippen molar-refractivity contribution in [3.63, 3.8) is 0 Å². The van der Waals surface area contributed by atoms with Gasteiger partial charge in [0.2, 0.25) is 0 Å². The zero-order chi connectivity index (χ0) is 20.7. The average molecular weight is 425 g/mol. The van der Waals surface area contributed by atoms with E-state index in [0.29, 0.717) is 0 Å². The Morgan fingerprint density at radius 3 is 1.55 bits per heavy atom. The zero-order valence-electron chi connectivity index (χ0n) is 19.9. The molecule has 172 valence electrons. The van der Waals surface area contributed by atoms with Crippen LogP contribution in [0, 0.1) is 0 Å². The molecule has 0 aromatic rings. The Balaban J connectivity index is 1.74. The lowest BCUT2D eigenvalue weighted by molar-refractivity contribution is 0.513. The molecule has 0 aliphatic heterocycles. The largest absolute Gasteiger partial charge is 0.194 e. The third kappa shape index (κ3) is 19.6. The van der Waals surface area contributed by atoms with Crippen LogP contribution in [-0.4, -0.2) is 24.1 Å². The second-order valence-corrected chi connectivity index (χ2v) is 10.6. The van der Waals surface area contributed by atoms with Gasteiger partial charge in [0.1, 0.15) is 0 Å². The van der Waals surface area contributed by atoms with Crippen molar-refractivity contribution in [2.75, 3.05) is 18.8 Å². The van der Waals surface area contributed by atoms with Gasteiger partial charge in [0.15, 0.2) is 0 Å². The molecule has 1 aliphatic rings. The van der Waals surface area contributed by atoms with Crippen LogP contribution in [0.15, 0.2) is 10.2 Å². The van der Waals surface area contributed by atoms with E-state index >= 15 is 0 Å². The molecule has 1 aliphatic carbocycles. The number of azo groups is 1. The normalized spacial score (nSPS) is 16.3. The van der Waals surface area contributed by atoms with E-state index in [1.165, 1.54) is 141 Å². The first-order valence-electron chi connectivity index (χ1n) is 13.4. The van der Waals surface area contributed by atoms with Crippen molar-refractivity contribution in [1.29, 1.82) is 0 Å². The first-order valence-corrected chi connectivity index (χ1v) is 14.4. The zero-order valence-corrected chi connectivity index (χ0v) is 20.7. The quantitative estimate of drug-likeness (QED) is 0.149. The van der Waals surface area contributed by atoms with E-state index in [4.69, 9.17) is 0 Å². The highest BCUT2D eigenvalue weighted by Crippen LogP contribution is 2.27. The molecule has 0 unspecified atom stereocenters. The topological polar surface area (TPSA) is 24.7 Å². The molecule has 0 bridgehead atoms. The third-order valence-corrected chi connectivity index (χ3v) is 7.74. The summed E-state index contributed by atoms with van der Waals surface area (Å²) in [6.45, 7) is 4.19. The second-order valence-electron chi connectivity index (χ2n) is 9.16. The summed E-state index contributed by atoms with van der Waals surface area (Å²) >= 11 is 2.21. The summed E-state index contributed by atoms with van der Waals surface area (Å²) in [4.78, 5) is 0. The highest BCUT2D eigenvalue weighted by Gasteiger charge is 2.11. The van der Waals surface area contributed by atoms with E-state index in [1.54, 1.807) is 0 Å². The molecule has 29 heavy (non-hydrogen) atoms. The van der Waals surface area contributed by atoms with Crippen molar-refractivity contribution in [3.8, 4) is 0 Å². The highest BCUT2D eigenvalue weighted by molar-refractivity contribution is 7.99. The molecule has 1 rings (SSSR count). The van der Waals surface area contributed by atoms with Gasteiger partial charge in [-0.05, 0) is 31.4 Å². The maximum absolute atomic E-state index is 4.39. The molecule has 0 heterocycles. The minimum Gasteiger partial charge on any atom is -0.194 e. The lowest BCUT2D eigenvalue weighted by Gasteiger charge is -2.18. The summed E-state index contributed by atoms with van der Waals surface area (Å²) < 4.78 is 0. The minimum absolute atomic E-state index is 0.929. The van der Waals surface area contributed by atoms with E-state index in [9.17, 15) is 0 Å². The van der Waals surface area contributed by atoms with Gasteiger partial charge in [0.25, 0.3) is 0 Å². The third-order valence-electron chi connectivity index (χ3n) is 6.27. The maximum Gasteiger partial charge on any atom is 0.0606 e. The number of hydrogen-bond donors (Lipinski definition) is 0. The lowest BCUT2D eigenvalue weighted by atomic mass is 10.0. The van der Waals surface area contributed by atoms with Crippen LogP contribution >= 0.6 is 11.8 Å². The van der Waals surface area contributed by atoms with Crippen molar-refractivity contribution in [2.24, 2.45) is 10.2 Å². The Kier molecular flexibility index (Phi) is 21.1. The predicted molar refractivity (Wildman–Crippen MR) is 133 cm³/mol. The summed E-state index contributed by atoms with van der Waals surface area (Å²) in [5, 5.41) is 9.71. The Morgan fingerprint density at radius 1 is 0.552 bits per heavy atom. The number of nitrogens with zero attached hydrogens (tertiary/aromatic N) is 2. The van der Waals surface area contributed by atoms with Crippen LogP contribution in [0.1, 0.15) is 142 Å². The summed E-state index contributed by atoms with van der Waals surface area (Å²) in [7, 11) is 0. The van der Waals surface area contributed by atoms with Crippen LogP contribution in [-0.2, 0) is 0 Å². The molecule has 0 aromatic carbocycles. The number of rotatable bonds is 19. The van der Waals surface area contributed by atoms with Gasteiger partial charge in [0.05, 0.1) is 13.1 Å². The fourth-order valence-electron chi connectivity index (χ4n) is 4.31.